The zero-order valence-corrected chi connectivity index (χ0v) is 8.03. The van der Waals surface area contributed by atoms with Crippen molar-refractivity contribution in [1.29, 1.82) is 0 Å². The van der Waals surface area contributed by atoms with Gasteiger partial charge in [0.1, 0.15) is 11.6 Å². The summed E-state index contributed by atoms with van der Waals surface area (Å²) in [4.78, 5) is 0. The lowest BCUT2D eigenvalue weighted by atomic mass is 10.1. The predicted octanol–water partition coefficient (Wildman–Crippen LogP) is 2.75. The third-order valence-corrected chi connectivity index (χ3v) is 2.09. The van der Waals surface area contributed by atoms with Crippen LogP contribution in [0.2, 0.25) is 0 Å². The molecule has 0 radical (unpaired) electrons. The Hall–Kier alpha value is -0.480. The minimum absolute atomic E-state index is 0.106. The molecule has 4 heteroatoms. The Balaban J connectivity index is 3.28. The number of rotatable bonds is 1. The number of benzene rings is 1. The first kappa shape index (κ1) is 9.61. The highest BCUT2D eigenvalue weighted by Crippen LogP contribution is 2.23. The van der Waals surface area contributed by atoms with Crippen LogP contribution in [0.15, 0.2) is 16.6 Å². The highest BCUT2D eigenvalue weighted by atomic mass is 79.9. The molecule has 1 nitrogen and oxygen atoms in total. The van der Waals surface area contributed by atoms with Crippen LogP contribution in [0.1, 0.15) is 18.5 Å². The zero-order valence-electron chi connectivity index (χ0n) is 6.44. The van der Waals surface area contributed by atoms with Gasteiger partial charge in [-0.25, -0.2) is 8.78 Å². The van der Waals surface area contributed by atoms with E-state index < -0.39 is 17.7 Å². The molecule has 0 amide bonds. The summed E-state index contributed by atoms with van der Waals surface area (Å²) in [6.45, 7) is 1.60. The lowest BCUT2D eigenvalue weighted by Gasteiger charge is -2.08. The van der Waals surface area contributed by atoms with Crippen LogP contribution in [0.4, 0.5) is 8.78 Å². The van der Waals surface area contributed by atoms with Crippen LogP contribution in [0.5, 0.6) is 0 Å². The molecule has 0 bridgehead atoms. The highest BCUT2D eigenvalue weighted by Gasteiger charge is 2.11. The van der Waals surface area contributed by atoms with Gasteiger partial charge in [-0.15, -0.1) is 0 Å². The van der Waals surface area contributed by atoms with Crippen LogP contribution < -0.4 is 5.73 Å². The fraction of sp³-hybridized carbons (Fsp3) is 0.250. The summed E-state index contributed by atoms with van der Waals surface area (Å²) in [6, 6.07) is 1.67. The zero-order chi connectivity index (χ0) is 9.30. The van der Waals surface area contributed by atoms with E-state index in [4.69, 9.17) is 5.73 Å². The van der Waals surface area contributed by atoms with Crippen molar-refractivity contribution < 1.29 is 8.78 Å². The van der Waals surface area contributed by atoms with Crippen LogP contribution in [0.25, 0.3) is 0 Å². The summed E-state index contributed by atoms with van der Waals surface area (Å²) < 4.78 is 26.0. The van der Waals surface area contributed by atoms with E-state index in [-0.39, 0.29) is 10.0 Å². The third kappa shape index (κ3) is 1.81. The largest absolute Gasteiger partial charge is 0.324 e. The van der Waals surface area contributed by atoms with Crippen LogP contribution in [0, 0.1) is 11.6 Å². The van der Waals surface area contributed by atoms with E-state index >= 15 is 0 Å². The molecule has 1 aromatic rings. The van der Waals surface area contributed by atoms with Crippen molar-refractivity contribution in [3.63, 3.8) is 0 Å². The van der Waals surface area contributed by atoms with Gasteiger partial charge in [0.15, 0.2) is 0 Å². The minimum Gasteiger partial charge on any atom is -0.324 e. The molecule has 0 fully saturated rings. The van der Waals surface area contributed by atoms with Crippen LogP contribution >= 0.6 is 15.9 Å². The van der Waals surface area contributed by atoms with Gasteiger partial charge < -0.3 is 5.73 Å². The minimum atomic E-state index is -0.503. The summed E-state index contributed by atoms with van der Waals surface area (Å²) >= 11 is 2.89. The van der Waals surface area contributed by atoms with Crippen molar-refractivity contribution in [1.82, 2.24) is 0 Å². The number of hydrogen-bond donors (Lipinski definition) is 1. The normalized spacial score (nSPS) is 13.1. The van der Waals surface area contributed by atoms with Gasteiger partial charge >= 0.3 is 0 Å². The van der Waals surface area contributed by atoms with E-state index in [9.17, 15) is 8.78 Å². The Morgan fingerprint density at radius 2 is 2.00 bits per heavy atom. The van der Waals surface area contributed by atoms with Crippen molar-refractivity contribution in [2.45, 2.75) is 13.0 Å². The highest BCUT2D eigenvalue weighted by molar-refractivity contribution is 9.10. The molecule has 0 spiro atoms. The van der Waals surface area contributed by atoms with Gasteiger partial charge in [0.05, 0.1) is 4.47 Å². The molecular weight excluding hydrogens is 228 g/mol. The predicted molar refractivity (Wildman–Crippen MR) is 46.7 cm³/mol. The Bertz CT molecular complexity index is 299. The molecule has 66 valence electrons. The molecule has 0 aromatic heterocycles. The quantitative estimate of drug-likeness (QED) is 0.745. The molecular formula is C8H8BrF2N. The maximum atomic E-state index is 13.1. The Kier molecular flexibility index (Phi) is 2.80. The second-order valence-corrected chi connectivity index (χ2v) is 3.43. The van der Waals surface area contributed by atoms with Gasteiger partial charge in [0.2, 0.25) is 0 Å². The lowest BCUT2D eigenvalue weighted by molar-refractivity contribution is 0.566. The van der Waals surface area contributed by atoms with Crippen LogP contribution in [-0.2, 0) is 0 Å². The van der Waals surface area contributed by atoms with Gasteiger partial charge in [-0.05, 0) is 35.0 Å². The maximum absolute atomic E-state index is 13.1. The van der Waals surface area contributed by atoms with Crippen molar-refractivity contribution in [3.8, 4) is 0 Å². The van der Waals surface area contributed by atoms with E-state index in [0.717, 1.165) is 12.1 Å². The fourth-order valence-corrected chi connectivity index (χ4v) is 1.35. The molecule has 0 aliphatic heterocycles. The van der Waals surface area contributed by atoms with Gasteiger partial charge in [-0.1, -0.05) is 0 Å². The van der Waals surface area contributed by atoms with Crippen molar-refractivity contribution in [2.24, 2.45) is 5.73 Å². The molecule has 0 unspecified atom stereocenters. The number of hydrogen-bond acceptors (Lipinski definition) is 1. The van der Waals surface area contributed by atoms with E-state index in [2.05, 4.69) is 15.9 Å². The molecule has 1 aromatic carbocycles. The van der Waals surface area contributed by atoms with E-state index in [1.807, 2.05) is 0 Å². The summed E-state index contributed by atoms with van der Waals surface area (Å²) in [7, 11) is 0. The van der Waals surface area contributed by atoms with Gasteiger partial charge in [0.25, 0.3) is 0 Å². The Labute approximate surface area is 77.7 Å². The summed E-state index contributed by atoms with van der Waals surface area (Å²) in [5.74, 6) is -0.984. The molecule has 2 N–H and O–H groups in total. The van der Waals surface area contributed by atoms with Crippen molar-refractivity contribution in [2.75, 3.05) is 0 Å². The average molecular weight is 236 g/mol. The van der Waals surface area contributed by atoms with E-state index in [0.29, 0.717) is 0 Å². The van der Waals surface area contributed by atoms with E-state index in [1.165, 1.54) is 0 Å². The molecule has 0 saturated carbocycles. The monoisotopic (exact) mass is 235 g/mol. The van der Waals surface area contributed by atoms with Gasteiger partial charge in [0, 0.05) is 11.6 Å². The van der Waals surface area contributed by atoms with Crippen LogP contribution in [0.3, 0.4) is 0 Å². The molecule has 0 saturated heterocycles. The second-order valence-electron chi connectivity index (χ2n) is 2.58. The van der Waals surface area contributed by atoms with Crippen LogP contribution in [-0.4, -0.2) is 0 Å². The second kappa shape index (κ2) is 3.49. The maximum Gasteiger partial charge on any atom is 0.142 e. The van der Waals surface area contributed by atoms with Gasteiger partial charge in [-0.3, -0.25) is 0 Å². The fourth-order valence-electron chi connectivity index (χ4n) is 0.907. The Morgan fingerprint density at radius 1 is 1.42 bits per heavy atom. The molecule has 0 aliphatic carbocycles. The first-order chi connectivity index (χ1) is 5.52. The standard InChI is InChI=1S/C8H8BrF2N/c1-4(12)6-2-5(10)3-7(9)8(6)11/h2-4H,12H2,1H3/t4-/m1/s1. The van der Waals surface area contributed by atoms with Crippen molar-refractivity contribution >= 4 is 15.9 Å². The molecule has 0 heterocycles. The Morgan fingerprint density at radius 3 is 2.50 bits per heavy atom. The third-order valence-electron chi connectivity index (χ3n) is 1.51. The number of halogens is 3. The van der Waals surface area contributed by atoms with E-state index in [1.54, 1.807) is 6.92 Å². The first-order valence-electron chi connectivity index (χ1n) is 3.42. The smallest absolute Gasteiger partial charge is 0.142 e. The topological polar surface area (TPSA) is 26.0 Å². The molecule has 12 heavy (non-hydrogen) atoms. The summed E-state index contributed by atoms with van der Waals surface area (Å²) in [6.07, 6.45) is 0. The first-order valence-corrected chi connectivity index (χ1v) is 4.21. The molecule has 1 atom stereocenters. The molecule has 1 rings (SSSR count). The van der Waals surface area contributed by atoms with Crippen molar-refractivity contribution in [3.05, 3.63) is 33.8 Å². The summed E-state index contributed by atoms with van der Waals surface area (Å²) in [5.41, 5.74) is 5.61. The molecule has 0 aliphatic rings. The lowest BCUT2D eigenvalue weighted by Crippen LogP contribution is -2.08. The summed E-state index contributed by atoms with van der Waals surface area (Å²) in [5, 5.41) is 0. The number of nitrogens with two attached hydrogens (primary N) is 1. The SMILES string of the molecule is C[C@@H](N)c1cc(F)cc(Br)c1F. The van der Waals surface area contributed by atoms with Gasteiger partial charge in [-0.2, -0.15) is 0 Å². The average Bonchev–Trinajstić information content (AvgIpc) is 1.96.